The Kier molecular flexibility index (Phi) is 4.76. The lowest BCUT2D eigenvalue weighted by Gasteiger charge is -2.12. The number of benzene rings is 1. The Morgan fingerprint density at radius 1 is 1.28 bits per heavy atom. The van der Waals surface area contributed by atoms with Crippen LogP contribution in [-0.4, -0.2) is 23.0 Å². The van der Waals surface area contributed by atoms with Gasteiger partial charge in [-0.05, 0) is 24.1 Å². The molecule has 4 nitrogen and oxygen atoms in total. The molecule has 0 aliphatic rings. The summed E-state index contributed by atoms with van der Waals surface area (Å²) in [5.74, 6) is -3.28. The molecular weight excluding hydrogens is 244 g/mol. The molecule has 0 bridgehead atoms. The number of nitrogens with one attached hydrogen (secondary N) is 1. The highest BCUT2D eigenvalue weighted by molar-refractivity contribution is 5.84. The molecule has 1 aromatic carbocycles. The topological polar surface area (TPSA) is 66.4 Å². The summed E-state index contributed by atoms with van der Waals surface area (Å²) < 4.78 is 25.7. The quantitative estimate of drug-likeness (QED) is 0.839. The highest BCUT2D eigenvalue weighted by Crippen LogP contribution is 2.08. The lowest BCUT2D eigenvalue weighted by atomic mass is 10.1. The molecule has 0 spiro atoms. The van der Waals surface area contributed by atoms with Crippen LogP contribution in [-0.2, 0) is 16.0 Å². The number of aliphatic carboxylic acids is 1. The number of carboxylic acids is 1. The zero-order chi connectivity index (χ0) is 13.7. The number of halogens is 2. The maximum absolute atomic E-state index is 12.9. The second kappa shape index (κ2) is 6.09. The molecule has 0 aliphatic carbocycles. The highest BCUT2D eigenvalue weighted by Gasteiger charge is 2.17. The maximum Gasteiger partial charge on any atom is 0.326 e. The predicted molar refractivity (Wildman–Crippen MR) is 59.9 cm³/mol. The molecule has 0 aromatic heterocycles. The van der Waals surface area contributed by atoms with Crippen LogP contribution in [0, 0.1) is 11.6 Å². The summed E-state index contributed by atoms with van der Waals surface area (Å²) in [5.41, 5.74) is 0.158. The zero-order valence-corrected chi connectivity index (χ0v) is 9.74. The number of amides is 1. The SMILES string of the molecule is CC[C@@H](NC(=O)Cc1cc(F)cc(F)c1)C(=O)O. The fourth-order valence-corrected chi connectivity index (χ4v) is 1.48. The number of hydrogen-bond donors (Lipinski definition) is 2. The minimum atomic E-state index is -1.14. The largest absolute Gasteiger partial charge is 0.480 e. The standard InChI is InChI=1S/C12H13F2NO3/c1-2-10(12(17)18)15-11(16)5-7-3-8(13)6-9(14)4-7/h3-4,6,10H,2,5H2,1H3,(H,15,16)(H,17,18)/t10-/m1/s1. The van der Waals surface area contributed by atoms with Crippen molar-refractivity contribution in [3.05, 3.63) is 35.4 Å². The van der Waals surface area contributed by atoms with Gasteiger partial charge in [0, 0.05) is 6.07 Å². The van der Waals surface area contributed by atoms with Crippen LogP contribution in [0.3, 0.4) is 0 Å². The number of carboxylic acid groups (broad SMARTS) is 1. The van der Waals surface area contributed by atoms with Gasteiger partial charge in [0.1, 0.15) is 17.7 Å². The molecule has 0 unspecified atom stereocenters. The van der Waals surface area contributed by atoms with Crippen LogP contribution < -0.4 is 5.32 Å². The first-order chi connectivity index (χ1) is 8.42. The molecule has 0 radical (unpaired) electrons. The van der Waals surface area contributed by atoms with Crippen molar-refractivity contribution >= 4 is 11.9 Å². The van der Waals surface area contributed by atoms with Crippen molar-refractivity contribution in [2.45, 2.75) is 25.8 Å². The first-order valence-electron chi connectivity index (χ1n) is 5.39. The van der Waals surface area contributed by atoms with Crippen LogP contribution in [0.1, 0.15) is 18.9 Å². The number of rotatable bonds is 5. The molecule has 0 fully saturated rings. The second-order valence-electron chi connectivity index (χ2n) is 3.82. The van der Waals surface area contributed by atoms with E-state index >= 15 is 0 Å². The third kappa shape index (κ3) is 4.12. The minimum absolute atomic E-state index is 0.158. The van der Waals surface area contributed by atoms with Crippen molar-refractivity contribution in [2.75, 3.05) is 0 Å². The van der Waals surface area contributed by atoms with E-state index in [9.17, 15) is 18.4 Å². The van der Waals surface area contributed by atoms with Crippen molar-refractivity contribution < 1.29 is 23.5 Å². The molecular formula is C12H13F2NO3. The van der Waals surface area contributed by atoms with E-state index < -0.39 is 29.6 Å². The van der Waals surface area contributed by atoms with Crippen LogP contribution in [0.15, 0.2) is 18.2 Å². The van der Waals surface area contributed by atoms with E-state index in [2.05, 4.69) is 5.32 Å². The normalized spacial score (nSPS) is 11.9. The first kappa shape index (κ1) is 14.1. The Morgan fingerprint density at radius 2 is 1.83 bits per heavy atom. The minimum Gasteiger partial charge on any atom is -0.480 e. The number of hydrogen-bond acceptors (Lipinski definition) is 2. The summed E-state index contributed by atoms with van der Waals surface area (Å²) in [4.78, 5) is 22.2. The van der Waals surface area contributed by atoms with Gasteiger partial charge in [-0.1, -0.05) is 6.92 Å². The van der Waals surface area contributed by atoms with Crippen LogP contribution in [0.25, 0.3) is 0 Å². The van der Waals surface area contributed by atoms with Gasteiger partial charge in [-0.2, -0.15) is 0 Å². The van der Waals surface area contributed by atoms with Gasteiger partial charge in [-0.15, -0.1) is 0 Å². The molecule has 2 N–H and O–H groups in total. The summed E-state index contributed by atoms with van der Waals surface area (Å²) in [6.07, 6.45) is -0.0307. The third-order valence-electron chi connectivity index (χ3n) is 2.33. The van der Waals surface area contributed by atoms with Gasteiger partial charge in [0.05, 0.1) is 6.42 Å². The zero-order valence-electron chi connectivity index (χ0n) is 9.74. The monoisotopic (exact) mass is 257 g/mol. The Bertz CT molecular complexity index is 442. The van der Waals surface area contributed by atoms with E-state index in [1.807, 2.05) is 0 Å². The predicted octanol–water partition coefficient (Wildman–Crippen LogP) is 1.49. The molecule has 0 saturated carbocycles. The van der Waals surface area contributed by atoms with Gasteiger partial charge in [0.2, 0.25) is 5.91 Å². The van der Waals surface area contributed by atoms with Gasteiger partial charge in [-0.3, -0.25) is 4.79 Å². The Labute approximate surface area is 103 Å². The van der Waals surface area contributed by atoms with Crippen LogP contribution in [0.4, 0.5) is 8.78 Å². The fraction of sp³-hybridized carbons (Fsp3) is 0.333. The van der Waals surface area contributed by atoms with E-state index in [4.69, 9.17) is 5.11 Å². The van der Waals surface area contributed by atoms with Crippen molar-refractivity contribution in [1.29, 1.82) is 0 Å². The lowest BCUT2D eigenvalue weighted by molar-refractivity contribution is -0.141. The molecule has 0 aliphatic heterocycles. The van der Waals surface area contributed by atoms with Gasteiger partial charge in [0.15, 0.2) is 0 Å². The Morgan fingerprint density at radius 3 is 2.28 bits per heavy atom. The third-order valence-corrected chi connectivity index (χ3v) is 2.33. The summed E-state index contributed by atoms with van der Waals surface area (Å²) >= 11 is 0. The molecule has 6 heteroatoms. The van der Waals surface area contributed by atoms with E-state index in [0.717, 1.165) is 12.1 Å². The van der Waals surface area contributed by atoms with Crippen LogP contribution >= 0.6 is 0 Å². The average molecular weight is 257 g/mol. The molecule has 98 valence electrons. The number of carbonyl (C=O) groups is 2. The molecule has 1 atom stereocenters. The van der Waals surface area contributed by atoms with Crippen molar-refractivity contribution in [2.24, 2.45) is 0 Å². The molecule has 1 aromatic rings. The fourth-order valence-electron chi connectivity index (χ4n) is 1.48. The molecule has 1 amide bonds. The van der Waals surface area contributed by atoms with E-state index in [1.165, 1.54) is 0 Å². The average Bonchev–Trinajstić information content (AvgIpc) is 2.23. The molecule has 0 heterocycles. The molecule has 1 rings (SSSR count). The lowest BCUT2D eigenvalue weighted by Crippen LogP contribution is -2.40. The molecule has 18 heavy (non-hydrogen) atoms. The van der Waals surface area contributed by atoms with Gasteiger partial charge < -0.3 is 10.4 Å². The Hall–Kier alpha value is -1.98. The van der Waals surface area contributed by atoms with Gasteiger partial charge in [0.25, 0.3) is 0 Å². The van der Waals surface area contributed by atoms with Crippen LogP contribution in [0.2, 0.25) is 0 Å². The molecule has 0 saturated heterocycles. The van der Waals surface area contributed by atoms with Crippen molar-refractivity contribution in [1.82, 2.24) is 5.32 Å². The smallest absolute Gasteiger partial charge is 0.326 e. The van der Waals surface area contributed by atoms with Crippen molar-refractivity contribution in [3.8, 4) is 0 Å². The number of carbonyl (C=O) groups excluding carboxylic acids is 1. The van der Waals surface area contributed by atoms with Gasteiger partial charge in [-0.25, -0.2) is 13.6 Å². The van der Waals surface area contributed by atoms with Crippen molar-refractivity contribution in [3.63, 3.8) is 0 Å². The Balaban J connectivity index is 2.67. The van der Waals surface area contributed by atoms with E-state index in [-0.39, 0.29) is 18.4 Å². The summed E-state index contributed by atoms with van der Waals surface area (Å²) in [6, 6.07) is 1.78. The first-order valence-corrected chi connectivity index (χ1v) is 5.39. The van der Waals surface area contributed by atoms with E-state index in [1.54, 1.807) is 6.92 Å². The van der Waals surface area contributed by atoms with Gasteiger partial charge >= 0.3 is 5.97 Å². The van der Waals surface area contributed by atoms with E-state index in [0.29, 0.717) is 6.07 Å². The highest BCUT2D eigenvalue weighted by atomic mass is 19.1. The second-order valence-corrected chi connectivity index (χ2v) is 3.82. The summed E-state index contributed by atoms with van der Waals surface area (Å²) in [5, 5.41) is 11.0. The maximum atomic E-state index is 12.9. The summed E-state index contributed by atoms with van der Waals surface area (Å²) in [7, 11) is 0. The van der Waals surface area contributed by atoms with Crippen LogP contribution in [0.5, 0.6) is 0 Å². The summed E-state index contributed by atoms with van der Waals surface area (Å²) in [6.45, 7) is 1.61.